The highest BCUT2D eigenvalue weighted by molar-refractivity contribution is 5.69. The number of benzene rings is 1. The molecule has 2 heteroatoms. The van der Waals surface area contributed by atoms with Crippen LogP contribution in [0.5, 0.6) is 0 Å². The molecular formula is C16H22N2. The minimum atomic E-state index is 0.480. The average molecular weight is 242 g/mol. The van der Waals surface area contributed by atoms with Gasteiger partial charge in [-0.3, -0.25) is 0 Å². The molecule has 0 saturated heterocycles. The van der Waals surface area contributed by atoms with Crippen LogP contribution in [0.3, 0.4) is 0 Å². The van der Waals surface area contributed by atoms with E-state index >= 15 is 0 Å². The van der Waals surface area contributed by atoms with Crippen molar-refractivity contribution in [2.45, 2.75) is 32.4 Å². The van der Waals surface area contributed by atoms with E-state index in [9.17, 15) is 0 Å². The fourth-order valence-electron chi connectivity index (χ4n) is 2.47. The zero-order valence-corrected chi connectivity index (χ0v) is 11.2. The first-order valence-corrected chi connectivity index (χ1v) is 6.54. The molecule has 1 aromatic rings. The molecule has 1 aliphatic rings. The van der Waals surface area contributed by atoms with E-state index in [0.29, 0.717) is 12.6 Å². The van der Waals surface area contributed by atoms with Gasteiger partial charge in [0.05, 0.1) is 0 Å². The van der Waals surface area contributed by atoms with Crippen molar-refractivity contribution in [2.75, 3.05) is 6.54 Å². The van der Waals surface area contributed by atoms with Crippen molar-refractivity contribution < 1.29 is 0 Å². The van der Waals surface area contributed by atoms with Crippen LogP contribution < -0.4 is 5.73 Å². The van der Waals surface area contributed by atoms with Crippen molar-refractivity contribution in [3.63, 3.8) is 0 Å². The Labute approximate surface area is 110 Å². The maximum atomic E-state index is 5.58. The zero-order valence-electron chi connectivity index (χ0n) is 11.2. The highest BCUT2D eigenvalue weighted by Gasteiger charge is 2.25. The van der Waals surface area contributed by atoms with Gasteiger partial charge in [-0.1, -0.05) is 43.0 Å². The number of nitrogens with two attached hydrogens (primary N) is 1. The lowest BCUT2D eigenvalue weighted by atomic mass is 10.1. The molecule has 1 unspecified atom stereocenters. The zero-order chi connectivity index (χ0) is 13.1. The molecule has 0 fully saturated rings. The SMILES string of the molecule is C=C(CN)CCC(C)N1Cc2ccccc2C1=C. The van der Waals surface area contributed by atoms with Gasteiger partial charge in [0.2, 0.25) is 0 Å². The van der Waals surface area contributed by atoms with Crippen molar-refractivity contribution in [1.29, 1.82) is 0 Å². The van der Waals surface area contributed by atoms with Gasteiger partial charge in [-0.15, -0.1) is 0 Å². The lowest BCUT2D eigenvalue weighted by molar-refractivity contribution is 0.303. The van der Waals surface area contributed by atoms with Crippen LogP contribution in [0.1, 0.15) is 30.9 Å². The summed E-state index contributed by atoms with van der Waals surface area (Å²) in [7, 11) is 0. The van der Waals surface area contributed by atoms with Crippen LogP contribution in [0.25, 0.3) is 5.70 Å². The molecule has 0 saturated carbocycles. The second kappa shape index (κ2) is 5.40. The van der Waals surface area contributed by atoms with Gasteiger partial charge in [0.1, 0.15) is 0 Å². The Morgan fingerprint density at radius 3 is 2.83 bits per heavy atom. The van der Waals surface area contributed by atoms with E-state index in [-0.39, 0.29) is 0 Å². The molecule has 0 aliphatic carbocycles. The first kappa shape index (κ1) is 12.9. The molecule has 18 heavy (non-hydrogen) atoms. The molecular weight excluding hydrogens is 220 g/mol. The molecule has 1 heterocycles. The third kappa shape index (κ3) is 2.49. The first-order chi connectivity index (χ1) is 8.63. The number of nitrogens with zero attached hydrogens (tertiary/aromatic N) is 1. The minimum absolute atomic E-state index is 0.480. The molecule has 2 nitrogen and oxygen atoms in total. The van der Waals surface area contributed by atoms with Crippen LogP contribution in [0, 0.1) is 0 Å². The summed E-state index contributed by atoms with van der Waals surface area (Å²) >= 11 is 0. The van der Waals surface area contributed by atoms with Crippen molar-refractivity contribution in [2.24, 2.45) is 5.73 Å². The number of rotatable bonds is 5. The molecule has 0 amide bonds. The Balaban J connectivity index is 2.00. The van der Waals surface area contributed by atoms with E-state index < -0.39 is 0 Å². The monoisotopic (exact) mass is 242 g/mol. The van der Waals surface area contributed by atoms with Gasteiger partial charge in [0.25, 0.3) is 0 Å². The van der Waals surface area contributed by atoms with Crippen LogP contribution in [0.2, 0.25) is 0 Å². The van der Waals surface area contributed by atoms with Gasteiger partial charge >= 0.3 is 0 Å². The molecule has 2 N–H and O–H groups in total. The predicted octanol–water partition coefficient (Wildman–Crippen LogP) is 3.16. The van der Waals surface area contributed by atoms with Crippen molar-refractivity contribution >= 4 is 5.70 Å². The molecule has 1 aromatic carbocycles. The summed E-state index contributed by atoms with van der Waals surface area (Å²) in [6.45, 7) is 12.0. The Morgan fingerprint density at radius 2 is 2.17 bits per heavy atom. The van der Waals surface area contributed by atoms with E-state index in [1.54, 1.807) is 0 Å². The second-order valence-corrected chi connectivity index (χ2v) is 5.07. The Bertz CT molecular complexity index is 462. The van der Waals surface area contributed by atoms with E-state index in [2.05, 4.69) is 49.2 Å². The third-order valence-electron chi connectivity index (χ3n) is 3.75. The van der Waals surface area contributed by atoms with E-state index in [4.69, 9.17) is 5.73 Å². The molecule has 1 aliphatic heterocycles. The smallest absolute Gasteiger partial charge is 0.0439 e. The van der Waals surface area contributed by atoms with Crippen molar-refractivity contribution in [1.82, 2.24) is 4.90 Å². The Morgan fingerprint density at radius 1 is 1.44 bits per heavy atom. The third-order valence-corrected chi connectivity index (χ3v) is 3.75. The summed E-state index contributed by atoms with van der Waals surface area (Å²) in [5.41, 5.74) is 10.5. The quantitative estimate of drug-likeness (QED) is 0.804. The van der Waals surface area contributed by atoms with Gasteiger partial charge in [0, 0.05) is 30.4 Å². The van der Waals surface area contributed by atoms with E-state index in [1.807, 2.05) is 0 Å². The van der Waals surface area contributed by atoms with Gasteiger partial charge < -0.3 is 10.6 Å². The summed E-state index contributed by atoms with van der Waals surface area (Å²) in [6.07, 6.45) is 2.08. The second-order valence-electron chi connectivity index (χ2n) is 5.07. The average Bonchev–Trinajstić information content (AvgIpc) is 2.73. The highest BCUT2D eigenvalue weighted by atomic mass is 15.2. The first-order valence-electron chi connectivity index (χ1n) is 6.54. The molecule has 1 atom stereocenters. The van der Waals surface area contributed by atoms with Gasteiger partial charge in [-0.25, -0.2) is 0 Å². The minimum Gasteiger partial charge on any atom is -0.364 e. The van der Waals surface area contributed by atoms with Crippen LogP contribution in [0.4, 0.5) is 0 Å². The maximum Gasteiger partial charge on any atom is 0.0439 e. The fourth-order valence-corrected chi connectivity index (χ4v) is 2.47. The van der Waals surface area contributed by atoms with Crippen LogP contribution in [-0.2, 0) is 6.54 Å². The normalized spacial score (nSPS) is 15.7. The van der Waals surface area contributed by atoms with Crippen molar-refractivity contribution in [3.05, 3.63) is 54.1 Å². The number of fused-ring (bicyclic) bond motifs is 1. The largest absolute Gasteiger partial charge is 0.364 e. The van der Waals surface area contributed by atoms with Gasteiger partial charge in [-0.05, 0) is 25.3 Å². The summed E-state index contributed by atoms with van der Waals surface area (Å²) in [4.78, 5) is 2.38. The molecule has 0 aromatic heterocycles. The van der Waals surface area contributed by atoms with Gasteiger partial charge in [-0.2, -0.15) is 0 Å². The molecule has 0 spiro atoms. The lowest BCUT2D eigenvalue weighted by Crippen LogP contribution is -2.27. The summed E-state index contributed by atoms with van der Waals surface area (Å²) < 4.78 is 0. The topological polar surface area (TPSA) is 29.3 Å². The predicted molar refractivity (Wildman–Crippen MR) is 77.9 cm³/mol. The molecule has 0 radical (unpaired) electrons. The van der Waals surface area contributed by atoms with E-state index in [1.165, 1.54) is 11.1 Å². The lowest BCUT2D eigenvalue weighted by Gasteiger charge is -2.27. The van der Waals surface area contributed by atoms with E-state index in [0.717, 1.165) is 30.7 Å². The van der Waals surface area contributed by atoms with Crippen LogP contribution in [-0.4, -0.2) is 17.5 Å². The number of hydrogen-bond donors (Lipinski definition) is 1. The molecule has 2 rings (SSSR count). The van der Waals surface area contributed by atoms with Gasteiger partial charge in [0.15, 0.2) is 0 Å². The summed E-state index contributed by atoms with van der Waals surface area (Å²) in [5.74, 6) is 0. The highest BCUT2D eigenvalue weighted by Crippen LogP contribution is 2.33. The Kier molecular flexibility index (Phi) is 3.87. The standard InChI is InChI=1S/C16H22N2/c1-12(10-17)8-9-13(2)18-11-15-6-4-5-7-16(15)14(18)3/h4-7,13H,1,3,8-11,17H2,2H3. The Hall–Kier alpha value is -1.54. The molecule has 0 bridgehead atoms. The maximum absolute atomic E-state index is 5.58. The summed E-state index contributed by atoms with van der Waals surface area (Å²) in [6, 6.07) is 8.99. The molecule has 96 valence electrons. The fraction of sp³-hybridized carbons (Fsp3) is 0.375. The summed E-state index contributed by atoms with van der Waals surface area (Å²) in [5, 5.41) is 0. The van der Waals surface area contributed by atoms with Crippen LogP contribution >= 0.6 is 0 Å². The van der Waals surface area contributed by atoms with Crippen molar-refractivity contribution in [3.8, 4) is 0 Å². The van der Waals surface area contributed by atoms with Crippen LogP contribution in [0.15, 0.2) is 43.0 Å². The number of hydrogen-bond acceptors (Lipinski definition) is 2.